The number of carbonyl (C=O) groups excluding carboxylic acids is 3. The van der Waals surface area contributed by atoms with Gasteiger partial charge in [0.1, 0.15) is 5.54 Å². The molecule has 110 valence electrons. The van der Waals surface area contributed by atoms with Gasteiger partial charge < -0.3 is 9.64 Å². The maximum atomic E-state index is 12.3. The molecule has 2 aliphatic heterocycles. The number of ketones is 1. The fourth-order valence-corrected chi connectivity index (χ4v) is 4.28. The standard InChI is InChI=1S/C13H15Cl2NO4/c1-2-20-10(19)12-4-3-9(18)16(12)7-11(6-12)5-8(17)13(11,14)15/h2-7H2,1H3. The van der Waals surface area contributed by atoms with Gasteiger partial charge in [-0.1, -0.05) is 23.2 Å². The minimum atomic E-state index is -1.50. The Hall–Kier alpha value is -0.810. The zero-order valence-corrected chi connectivity index (χ0v) is 12.6. The van der Waals surface area contributed by atoms with Gasteiger partial charge in [-0.3, -0.25) is 9.59 Å². The molecule has 7 heteroatoms. The minimum Gasteiger partial charge on any atom is -0.464 e. The summed E-state index contributed by atoms with van der Waals surface area (Å²) in [5.74, 6) is -0.752. The lowest BCUT2D eigenvalue weighted by atomic mass is 9.63. The fraction of sp³-hybridized carbons (Fsp3) is 0.769. The highest BCUT2D eigenvalue weighted by Crippen LogP contribution is 2.64. The topological polar surface area (TPSA) is 63.7 Å². The largest absolute Gasteiger partial charge is 0.464 e. The Morgan fingerprint density at radius 2 is 2.10 bits per heavy atom. The van der Waals surface area contributed by atoms with E-state index in [0.29, 0.717) is 19.3 Å². The van der Waals surface area contributed by atoms with Gasteiger partial charge >= 0.3 is 5.97 Å². The summed E-state index contributed by atoms with van der Waals surface area (Å²) in [7, 11) is 0. The number of alkyl halides is 2. The third-order valence-electron chi connectivity index (χ3n) is 4.83. The average Bonchev–Trinajstić information content (AvgIpc) is 2.88. The van der Waals surface area contributed by atoms with E-state index in [2.05, 4.69) is 0 Å². The smallest absolute Gasteiger partial charge is 0.332 e. The number of ether oxygens (including phenoxy) is 1. The molecule has 0 radical (unpaired) electrons. The monoisotopic (exact) mass is 319 g/mol. The number of halogens is 2. The summed E-state index contributed by atoms with van der Waals surface area (Å²) in [6, 6.07) is 0. The summed E-state index contributed by atoms with van der Waals surface area (Å²) >= 11 is 12.3. The Morgan fingerprint density at radius 1 is 1.40 bits per heavy atom. The maximum absolute atomic E-state index is 12.3. The van der Waals surface area contributed by atoms with Crippen molar-refractivity contribution in [1.82, 2.24) is 4.90 Å². The summed E-state index contributed by atoms with van der Waals surface area (Å²) < 4.78 is 3.63. The molecule has 1 saturated carbocycles. The molecule has 1 spiro atoms. The normalized spacial score (nSPS) is 38.0. The first-order chi connectivity index (χ1) is 9.29. The van der Waals surface area contributed by atoms with Gasteiger partial charge in [-0.25, -0.2) is 4.79 Å². The van der Waals surface area contributed by atoms with Crippen molar-refractivity contribution in [3.05, 3.63) is 0 Å². The number of hydrogen-bond acceptors (Lipinski definition) is 4. The number of carbonyl (C=O) groups is 3. The molecule has 2 heterocycles. The number of nitrogens with zero attached hydrogens (tertiary/aromatic N) is 1. The first kappa shape index (κ1) is 14.1. The molecule has 0 bridgehead atoms. The van der Waals surface area contributed by atoms with E-state index in [0.717, 1.165) is 0 Å². The van der Waals surface area contributed by atoms with Gasteiger partial charge in [-0.2, -0.15) is 0 Å². The molecule has 0 aromatic rings. The van der Waals surface area contributed by atoms with Crippen LogP contribution in [-0.4, -0.2) is 45.6 Å². The lowest BCUT2D eigenvalue weighted by Gasteiger charge is -2.48. The zero-order valence-electron chi connectivity index (χ0n) is 11.1. The minimum absolute atomic E-state index is 0.0987. The lowest BCUT2D eigenvalue weighted by Crippen LogP contribution is -2.59. The number of fused-ring (bicyclic) bond motifs is 1. The Morgan fingerprint density at radius 3 is 2.65 bits per heavy atom. The van der Waals surface area contributed by atoms with E-state index < -0.39 is 21.3 Å². The molecule has 2 unspecified atom stereocenters. The lowest BCUT2D eigenvalue weighted by molar-refractivity contribution is -0.157. The molecule has 1 amide bonds. The SMILES string of the molecule is CCOC(=O)C12CCC(=O)N1CC1(CC(=O)C1(Cl)Cl)C2. The van der Waals surface area contributed by atoms with E-state index in [1.54, 1.807) is 6.92 Å². The van der Waals surface area contributed by atoms with Gasteiger partial charge in [0.15, 0.2) is 10.1 Å². The van der Waals surface area contributed by atoms with Crippen LogP contribution >= 0.6 is 23.2 Å². The number of rotatable bonds is 2. The van der Waals surface area contributed by atoms with Crippen LogP contribution in [0.25, 0.3) is 0 Å². The molecule has 0 aromatic heterocycles. The highest BCUT2D eigenvalue weighted by atomic mass is 35.5. The van der Waals surface area contributed by atoms with Gasteiger partial charge in [0, 0.05) is 24.8 Å². The van der Waals surface area contributed by atoms with Crippen molar-refractivity contribution >= 4 is 40.9 Å². The van der Waals surface area contributed by atoms with Crippen molar-refractivity contribution in [2.75, 3.05) is 13.2 Å². The molecule has 3 aliphatic rings. The third-order valence-corrected chi connectivity index (χ3v) is 6.06. The van der Waals surface area contributed by atoms with Gasteiger partial charge in [0.05, 0.1) is 6.61 Å². The second-order valence-electron chi connectivity index (χ2n) is 5.86. The predicted octanol–water partition coefficient (Wildman–Crippen LogP) is 1.45. The Kier molecular flexibility index (Phi) is 2.90. The van der Waals surface area contributed by atoms with Gasteiger partial charge in [0.25, 0.3) is 0 Å². The van der Waals surface area contributed by atoms with Crippen LogP contribution < -0.4 is 0 Å². The molecule has 0 aromatic carbocycles. The highest BCUT2D eigenvalue weighted by molar-refractivity contribution is 6.61. The third kappa shape index (κ3) is 1.48. The van der Waals surface area contributed by atoms with Crippen LogP contribution in [0.3, 0.4) is 0 Å². The van der Waals surface area contributed by atoms with Gasteiger partial charge in [0.2, 0.25) is 5.91 Å². The van der Waals surface area contributed by atoms with Crippen LogP contribution in [0.5, 0.6) is 0 Å². The molecule has 0 N–H and O–H groups in total. The fourth-order valence-electron chi connectivity index (χ4n) is 3.76. The van der Waals surface area contributed by atoms with Crippen molar-refractivity contribution in [2.24, 2.45) is 5.41 Å². The first-order valence-electron chi connectivity index (χ1n) is 6.68. The summed E-state index contributed by atoms with van der Waals surface area (Å²) in [6.07, 6.45) is 1.25. The van der Waals surface area contributed by atoms with E-state index in [1.807, 2.05) is 0 Å². The predicted molar refractivity (Wildman–Crippen MR) is 71.4 cm³/mol. The van der Waals surface area contributed by atoms with E-state index in [-0.39, 0.29) is 31.3 Å². The molecular formula is C13H15Cl2NO4. The van der Waals surface area contributed by atoms with E-state index in [4.69, 9.17) is 27.9 Å². The summed E-state index contributed by atoms with van der Waals surface area (Å²) in [4.78, 5) is 37.5. The molecule has 1 aliphatic carbocycles. The number of hydrogen-bond donors (Lipinski definition) is 0. The Bertz CT molecular complexity index is 521. The van der Waals surface area contributed by atoms with Crippen molar-refractivity contribution in [1.29, 1.82) is 0 Å². The van der Waals surface area contributed by atoms with Crippen LogP contribution in [0.1, 0.15) is 32.6 Å². The van der Waals surface area contributed by atoms with Crippen LogP contribution in [0, 0.1) is 5.41 Å². The van der Waals surface area contributed by atoms with Crippen LogP contribution in [-0.2, 0) is 19.1 Å². The van der Waals surface area contributed by atoms with Crippen molar-refractivity contribution in [3.63, 3.8) is 0 Å². The van der Waals surface area contributed by atoms with E-state index in [1.165, 1.54) is 4.90 Å². The molecule has 20 heavy (non-hydrogen) atoms. The molecule has 2 saturated heterocycles. The maximum Gasteiger partial charge on any atom is 0.332 e. The molecule has 3 rings (SSSR count). The second-order valence-corrected chi connectivity index (χ2v) is 7.19. The quantitative estimate of drug-likeness (QED) is 0.571. The summed E-state index contributed by atoms with van der Waals surface area (Å²) in [5.41, 5.74) is -1.70. The van der Waals surface area contributed by atoms with Crippen LogP contribution in [0.4, 0.5) is 0 Å². The number of amides is 1. The molecule has 3 fully saturated rings. The molecular weight excluding hydrogens is 305 g/mol. The average molecular weight is 320 g/mol. The molecule has 2 atom stereocenters. The Balaban J connectivity index is 1.96. The van der Waals surface area contributed by atoms with Crippen LogP contribution in [0.2, 0.25) is 0 Å². The van der Waals surface area contributed by atoms with Gasteiger partial charge in [-0.15, -0.1) is 0 Å². The van der Waals surface area contributed by atoms with Crippen molar-refractivity contribution in [3.8, 4) is 0 Å². The number of Topliss-reactive ketones (excluding diaryl/α,β-unsaturated/α-hetero) is 1. The zero-order chi connectivity index (χ0) is 14.8. The number of esters is 1. The summed E-state index contributed by atoms with van der Waals surface area (Å²) in [5, 5.41) is 0. The second kappa shape index (κ2) is 4.10. The van der Waals surface area contributed by atoms with Gasteiger partial charge in [-0.05, 0) is 19.8 Å². The highest BCUT2D eigenvalue weighted by Gasteiger charge is 2.74. The van der Waals surface area contributed by atoms with E-state index in [9.17, 15) is 14.4 Å². The van der Waals surface area contributed by atoms with Crippen LogP contribution in [0.15, 0.2) is 0 Å². The molecule has 5 nitrogen and oxygen atoms in total. The van der Waals surface area contributed by atoms with Crippen molar-refractivity contribution in [2.45, 2.75) is 42.5 Å². The first-order valence-corrected chi connectivity index (χ1v) is 7.43. The van der Waals surface area contributed by atoms with Crippen molar-refractivity contribution < 1.29 is 19.1 Å². The van der Waals surface area contributed by atoms with E-state index >= 15 is 0 Å². The Labute approximate surface area is 126 Å². The summed E-state index contributed by atoms with van der Waals surface area (Å²) in [6.45, 7) is 2.23.